The molecule has 0 saturated heterocycles. The van der Waals surface area contributed by atoms with Crippen LogP contribution in [-0.2, 0) is 4.79 Å². The summed E-state index contributed by atoms with van der Waals surface area (Å²) in [6, 6.07) is 7.42. The van der Waals surface area contributed by atoms with Crippen molar-refractivity contribution in [3.63, 3.8) is 0 Å². The van der Waals surface area contributed by atoms with Crippen LogP contribution in [0.1, 0.15) is 16.6 Å². The van der Waals surface area contributed by atoms with Crippen molar-refractivity contribution < 1.29 is 9.59 Å². The Bertz CT molecular complexity index is 792. The third kappa shape index (κ3) is 3.24. The van der Waals surface area contributed by atoms with Gasteiger partial charge in [0.15, 0.2) is 5.13 Å². The van der Waals surface area contributed by atoms with Crippen LogP contribution < -0.4 is 10.6 Å². The predicted octanol–water partition coefficient (Wildman–Crippen LogP) is 4.14. The summed E-state index contributed by atoms with van der Waals surface area (Å²) in [4.78, 5) is 29.4. The van der Waals surface area contributed by atoms with E-state index in [1.165, 1.54) is 40.9 Å². The van der Waals surface area contributed by atoms with Gasteiger partial charge in [0.25, 0.3) is 5.91 Å². The standard InChI is InChI=1S/C14H11N3O2S3/c1-8(18)15-13-11(9-4-2-6-20-9)16-14(22-13)17-12(19)10-5-3-7-21-10/h2-7H,1H3,(H,15,18)(H,16,17,19). The highest BCUT2D eigenvalue weighted by Crippen LogP contribution is 2.38. The number of nitrogens with zero attached hydrogens (tertiary/aromatic N) is 1. The minimum absolute atomic E-state index is 0.169. The highest BCUT2D eigenvalue weighted by atomic mass is 32.1. The van der Waals surface area contributed by atoms with E-state index in [4.69, 9.17) is 0 Å². The van der Waals surface area contributed by atoms with E-state index in [-0.39, 0.29) is 11.8 Å². The van der Waals surface area contributed by atoms with Gasteiger partial charge in [0, 0.05) is 6.92 Å². The molecule has 2 N–H and O–H groups in total. The van der Waals surface area contributed by atoms with Crippen LogP contribution in [0.5, 0.6) is 0 Å². The lowest BCUT2D eigenvalue weighted by Gasteiger charge is -1.99. The Morgan fingerprint density at radius 3 is 2.50 bits per heavy atom. The van der Waals surface area contributed by atoms with Crippen molar-refractivity contribution in [1.82, 2.24) is 4.98 Å². The molecule has 8 heteroatoms. The number of amides is 2. The van der Waals surface area contributed by atoms with Crippen LogP contribution in [0, 0.1) is 0 Å². The summed E-state index contributed by atoms with van der Waals surface area (Å²) in [5, 5.41) is 10.4. The molecule has 3 rings (SSSR count). The fraction of sp³-hybridized carbons (Fsp3) is 0.0714. The fourth-order valence-electron chi connectivity index (χ4n) is 1.76. The Kier molecular flexibility index (Phi) is 4.32. The van der Waals surface area contributed by atoms with Crippen LogP contribution in [0.4, 0.5) is 10.1 Å². The Balaban J connectivity index is 1.89. The summed E-state index contributed by atoms with van der Waals surface area (Å²) in [7, 11) is 0. The first-order valence-corrected chi connectivity index (χ1v) is 8.88. The molecule has 0 saturated carbocycles. The van der Waals surface area contributed by atoms with Crippen molar-refractivity contribution >= 4 is 56.0 Å². The van der Waals surface area contributed by atoms with E-state index < -0.39 is 0 Å². The molecule has 112 valence electrons. The number of nitrogens with one attached hydrogen (secondary N) is 2. The van der Waals surface area contributed by atoms with Crippen molar-refractivity contribution in [1.29, 1.82) is 0 Å². The smallest absolute Gasteiger partial charge is 0.267 e. The van der Waals surface area contributed by atoms with Gasteiger partial charge >= 0.3 is 0 Å². The normalized spacial score (nSPS) is 10.4. The van der Waals surface area contributed by atoms with Gasteiger partial charge in [0.1, 0.15) is 10.7 Å². The van der Waals surface area contributed by atoms with E-state index in [0.29, 0.717) is 20.7 Å². The molecule has 3 aromatic rings. The largest absolute Gasteiger partial charge is 0.316 e. The summed E-state index contributed by atoms with van der Waals surface area (Å²) >= 11 is 4.14. The zero-order valence-electron chi connectivity index (χ0n) is 11.5. The van der Waals surface area contributed by atoms with Gasteiger partial charge < -0.3 is 5.32 Å². The quantitative estimate of drug-likeness (QED) is 0.743. The molecular weight excluding hydrogens is 338 g/mol. The van der Waals surface area contributed by atoms with Gasteiger partial charge in [0.2, 0.25) is 5.91 Å². The molecular formula is C14H11N3O2S3. The topological polar surface area (TPSA) is 71.1 Å². The van der Waals surface area contributed by atoms with Gasteiger partial charge in [-0.1, -0.05) is 23.5 Å². The summed E-state index contributed by atoms with van der Waals surface area (Å²) in [6.45, 7) is 1.45. The fourth-order valence-corrected chi connectivity index (χ4v) is 4.09. The molecule has 0 aliphatic rings. The maximum absolute atomic E-state index is 12.1. The predicted molar refractivity (Wildman–Crippen MR) is 92.0 cm³/mol. The second kappa shape index (κ2) is 6.39. The zero-order valence-corrected chi connectivity index (χ0v) is 13.9. The van der Waals surface area contributed by atoms with Gasteiger partial charge in [-0.05, 0) is 22.9 Å². The minimum atomic E-state index is -0.198. The molecule has 0 aliphatic heterocycles. The Hall–Kier alpha value is -2.03. The Morgan fingerprint density at radius 1 is 1.09 bits per heavy atom. The van der Waals surface area contributed by atoms with Gasteiger partial charge in [-0.25, -0.2) is 4.98 Å². The van der Waals surface area contributed by atoms with Crippen molar-refractivity contribution in [3.05, 3.63) is 39.9 Å². The zero-order chi connectivity index (χ0) is 15.5. The Morgan fingerprint density at radius 2 is 1.86 bits per heavy atom. The molecule has 5 nitrogen and oxygen atoms in total. The van der Waals surface area contributed by atoms with Crippen molar-refractivity contribution in [2.75, 3.05) is 10.6 Å². The van der Waals surface area contributed by atoms with E-state index in [0.717, 1.165) is 4.88 Å². The summed E-state index contributed by atoms with van der Waals surface area (Å²) in [6.07, 6.45) is 0. The van der Waals surface area contributed by atoms with Crippen molar-refractivity contribution in [3.8, 4) is 10.6 Å². The number of carbonyl (C=O) groups is 2. The van der Waals surface area contributed by atoms with Crippen LogP contribution >= 0.6 is 34.0 Å². The summed E-state index contributed by atoms with van der Waals surface area (Å²) < 4.78 is 0. The second-order valence-electron chi connectivity index (χ2n) is 4.29. The maximum atomic E-state index is 12.1. The average Bonchev–Trinajstić information content (AvgIpc) is 3.19. The van der Waals surface area contributed by atoms with Crippen LogP contribution in [0.25, 0.3) is 10.6 Å². The van der Waals surface area contributed by atoms with E-state index >= 15 is 0 Å². The number of thiazole rings is 1. The molecule has 3 aromatic heterocycles. The van der Waals surface area contributed by atoms with Crippen LogP contribution in [0.15, 0.2) is 35.0 Å². The van der Waals surface area contributed by atoms with Crippen molar-refractivity contribution in [2.24, 2.45) is 0 Å². The molecule has 0 aromatic carbocycles. The first kappa shape index (κ1) is 14.9. The molecule has 3 heterocycles. The van der Waals surface area contributed by atoms with Crippen LogP contribution in [0.2, 0.25) is 0 Å². The third-order valence-corrected chi connectivity index (χ3v) is 5.27. The lowest BCUT2D eigenvalue weighted by molar-refractivity contribution is -0.114. The SMILES string of the molecule is CC(=O)Nc1sc(NC(=O)c2cccs2)nc1-c1cccs1. The number of aromatic nitrogens is 1. The van der Waals surface area contributed by atoms with E-state index in [9.17, 15) is 9.59 Å². The summed E-state index contributed by atoms with van der Waals surface area (Å²) in [5.74, 6) is -0.367. The maximum Gasteiger partial charge on any atom is 0.267 e. The molecule has 22 heavy (non-hydrogen) atoms. The van der Waals surface area contributed by atoms with Crippen LogP contribution in [0.3, 0.4) is 0 Å². The van der Waals surface area contributed by atoms with Gasteiger partial charge in [-0.2, -0.15) is 0 Å². The molecule has 2 amide bonds. The average molecular weight is 349 g/mol. The van der Waals surface area contributed by atoms with Crippen LogP contribution in [-0.4, -0.2) is 16.8 Å². The van der Waals surface area contributed by atoms with Gasteiger partial charge in [0.05, 0.1) is 9.75 Å². The third-order valence-electron chi connectivity index (χ3n) is 2.64. The molecule has 0 spiro atoms. The highest BCUT2D eigenvalue weighted by molar-refractivity contribution is 7.21. The van der Waals surface area contributed by atoms with Gasteiger partial charge in [-0.3, -0.25) is 14.9 Å². The van der Waals surface area contributed by atoms with Gasteiger partial charge in [-0.15, -0.1) is 22.7 Å². The molecule has 0 radical (unpaired) electrons. The molecule has 0 bridgehead atoms. The van der Waals surface area contributed by atoms with E-state index in [1.54, 1.807) is 6.07 Å². The molecule has 0 fully saturated rings. The molecule has 0 unspecified atom stereocenters. The highest BCUT2D eigenvalue weighted by Gasteiger charge is 2.17. The number of carbonyl (C=O) groups excluding carboxylic acids is 2. The lowest BCUT2D eigenvalue weighted by Crippen LogP contribution is -2.09. The number of thiophene rings is 2. The first-order valence-electron chi connectivity index (χ1n) is 6.30. The lowest BCUT2D eigenvalue weighted by atomic mass is 10.3. The molecule has 0 atom stereocenters. The second-order valence-corrected chi connectivity index (χ2v) is 7.18. The molecule has 0 aliphatic carbocycles. The number of hydrogen-bond donors (Lipinski definition) is 2. The first-order chi connectivity index (χ1) is 10.6. The van der Waals surface area contributed by atoms with E-state index in [2.05, 4.69) is 15.6 Å². The Labute approximate surface area is 138 Å². The number of rotatable bonds is 4. The monoisotopic (exact) mass is 349 g/mol. The van der Waals surface area contributed by atoms with E-state index in [1.807, 2.05) is 29.0 Å². The minimum Gasteiger partial charge on any atom is -0.316 e. The number of hydrogen-bond acceptors (Lipinski definition) is 6. The summed E-state index contributed by atoms with van der Waals surface area (Å²) in [5.41, 5.74) is 0.677. The van der Waals surface area contributed by atoms with Crippen molar-refractivity contribution in [2.45, 2.75) is 6.92 Å². The number of anilines is 2.